The minimum atomic E-state index is -0.133. The summed E-state index contributed by atoms with van der Waals surface area (Å²) in [5.74, 6) is 0.535. The Morgan fingerprint density at radius 1 is 1.48 bits per heavy atom. The van der Waals surface area contributed by atoms with Gasteiger partial charge in [0.05, 0.1) is 13.2 Å². The van der Waals surface area contributed by atoms with Gasteiger partial charge in [0.15, 0.2) is 0 Å². The molecule has 0 radical (unpaired) electrons. The first-order valence-corrected chi connectivity index (χ1v) is 6.86. The molecular weight excluding hydrogens is 270 g/mol. The molecular formula is C15H19N3O3. The van der Waals surface area contributed by atoms with Crippen LogP contribution in [0.4, 0.5) is 5.69 Å². The summed E-state index contributed by atoms with van der Waals surface area (Å²) < 4.78 is 7.11. The highest BCUT2D eigenvalue weighted by molar-refractivity contribution is 5.90. The zero-order valence-corrected chi connectivity index (χ0v) is 12.0. The van der Waals surface area contributed by atoms with Gasteiger partial charge >= 0.3 is 0 Å². The fourth-order valence-corrected chi connectivity index (χ4v) is 1.95. The highest BCUT2D eigenvalue weighted by atomic mass is 16.5. The van der Waals surface area contributed by atoms with Gasteiger partial charge < -0.3 is 15.2 Å². The largest absolute Gasteiger partial charge is 0.494 e. The number of rotatable bonds is 7. The minimum Gasteiger partial charge on any atom is -0.494 e. The standard InChI is InChI=1S/C15H19N3O3/c1-2-21-14-5-4-13(10-12(14)11-19)17-15(20)6-9-18-8-3-7-16-18/h3-5,7-8,10,19H,2,6,9,11H2,1H3,(H,17,20). The molecule has 0 fully saturated rings. The third-order valence-electron chi connectivity index (χ3n) is 2.94. The number of amides is 1. The Bertz CT molecular complexity index is 582. The maximum Gasteiger partial charge on any atom is 0.226 e. The second-order valence-corrected chi connectivity index (χ2v) is 4.48. The molecule has 1 heterocycles. The molecule has 6 nitrogen and oxygen atoms in total. The fourth-order valence-electron chi connectivity index (χ4n) is 1.95. The summed E-state index contributed by atoms with van der Waals surface area (Å²) in [5.41, 5.74) is 1.30. The number of aryl methyl sites for hydroxylation is 1. The summed E-state index contributed by atoms with van der Waals surface area (Å²) in [6, 6.07) is 7.04. The molecule has 0 aliphatic rings. The van der Waals surface area contributed by atoms with Crippen LogP contribution in [-0.2, 0) is 17.9 Å². The van der Waals surface area contributed by atoms with E-state index in [1.54, 1.807) is 29.1 Å². The van der Waals surface area contributed by atoms with Crippen LogP contribution in [0.5, 0.6) is 5.75 Å². The topological polar surface area (TPSA) is 76.4 Å². The SMILES string of the molecule is CCOc1ccc(NC(=O)CCn2cccn2)cc1CO. The van der Waals surface area contributed by atoms with Crippen molar-refractivity contribution in [2.24, 2.45) is 0 Å². The number of hydrogen-bond acceptors (Lipinski definition) is 4. The molecule has 0 saturated heterocycles. The van der Waals surface area contributed by atoms with Gasteiger partial charge in [0, 0.05) is 36.6 Å². The Hall–Kier alpha value is -2.34. The lowest BCUT2D eigenvalue weighted by Gasteiger charge is -2.11. The number of carbonyl (C=O) groups excluding carboxylic acids is 1. The quantitative estimate of drug-likeness (QED) is 0.815. The normalized spacial score (nSPS) is 10.4. The van der Waals surface area contributed by atoms with E-state index in [0.717, 1.165) is 0 Å². The van der Waals surface area contributed by atoms with Crippen LogP contribution in [-0.4, -0.2) is 27.4 Å². The van der Waals surface area contributed by atoms with E-state index < -0.39 is 0 Å². The maximum atomic E-state index is 11.9. The van der Waals surface area contributed by atoms with Crippen molar-refractivity contribution in [1.29, 1.82) is 0 Å². The Kier molecular flexibility index (Phi) is 5.34. The fraction of sp³-hybridized carbons (Fsp3) is 0.333. The third-order valence-corrected chi connectivity index (χ3v) is 2.94. The average Bonchev–Trinajstić information content (AvgIpc) is 3.00. The molecule has 1 aromatic heterocycles. The van der Waals surface area contributed by atoms with Crippen LogP contribution in [0.15, 0.2) is 36.7 Å². The molecule has 0 atom stereocenters. The van der Waals surface area contributed by atoms with Crippen molar-refractivity contribution < 1.29 is 14.6 Å². The Morgan fingerprint density at radius 3 is 3.00 bits per heavy atom. The van der Waals surface area contributed by atoms with Crippen LogP contribution in [0, 0.1) is 0 Å². The van der Waals surface area contributed by atoms with Gasteiger partial charge in [-0.1, -0.05) is 0 Å². The number of carbonyl (C=O) groups is 1. The molecule has 6 heteroatoms. The molecule has 21 heavy (non-hydrogen) atoms. The summed E-state index contributed by atoms with van der Waals surface area (Å²) in [6.45, 7) is 2.81. The first-order valence-electron chi connectivity index (χ1n) is 6.86. The van der Waals surface area contributed by atoms with Crippen molar-refractivity contribution in [3.8, 4) is 5.75 Å². The van der Waals surface area contributed by atoms with Gasteiger partial charge in [0.2, 0.25) is 5.91 Å². The van der Waals surface area contributed by atoms with Crippen LogP contribution in [0.1, 0.15) is 18.9 Å². The lowest BCUT2D eigenvalue weighted by molar-refractivity contribution is -0.116. The van der Waals surface area contributed by atoms with E-state index >= 15 is 0 Å². The van der Waals surface area contributed by atoms with Gasteiger partial charge in [-0.15, -0.1) is 0 Å². The first kappa shape index (κ1) is 15.1. The molecule has 0 bridgehead atoms. The number of aliphatic hydroxyl groups excluding tert-OH is 1. The molecule has 0 aliphatic carbocycles. The van der Waals surface area contributed by atoms with Gasteiger partial charge in [-0.3, -0.25) is 9.48 Å². The lowest BCUT2D eigenvalue weighted by atomic mass is 10.2. The smallest absolute Gasteiger partial charge is 0.226 e. The number of ether oxygens (including phenoxy) is 1. The number of benzene rings is 1. The second-order valence-electron chi connectivity index (χ2n) is 4.48. The molecule has 0 spiro atoms. The van der Waals surface area contributed by atoms with Crippen LogP contribution >= 0.6 is 0 Å². The van der Waals surface area contributed by atoms with Crippen molar-refractivity contribution in [2.75, 3.05) is 11.9 Å². The van der Waals surface area contributed by atoms with E-state index in [-0.39, 0.29) is 12.5 Å². The summed E-state index contributed by atoms with van der Waals surface area (Å²) in [6.07, 6.45) is 3.83. The minimum absolute atomic E-state index is 0.0986. The first-order chi connectivity index (χ1) is 10.2. The molecule has 112 valence electrons. The predicted molar refractivity (Wildman–Crippen MR) is 79.0 cm³/mol. The van der Waals surface area contributed by atoms with Gasteiger partial charge in [0.1, 0.15) is 5.75 Å². The van der Waals surface area contributed by atoms with Gasteiger partial charge in [-0.25, -0.2) is 0 Å². The molecule has 0 aliphatic heterocycles. The Balaban J connectivity index is 1.93. The third kappa shape index (κ3) is 4.32. The summed E-state index contributed by atoms with van der Waals surface area (Å²) in [5, 5.41) is 16.2. The van der Waals surface area contributed by atoms with E-state index in [0.29, 0.717) is 36.6 Å². The molecule has 2 N–H and O–H groups in total. The van der Waals surface area contributed by atoms with Gasteiger partial charge in [-0.2, -0.15) is 5.10 Å². The monoisotopic (exact) mass is 289 g/mol. The van der Waals surface area contributed by atoms with Crippen LogP contribution in [0.3, 0.4) is 0 Å². The number of nitrogens with one attached hydrogen (secondary N) is 1. The molecule has 2 aromatic rings. The zero-order chi connectivity index (χ0) is 15.1. The van der Waals surface area contributed by atoms with Crippen LogP contribution in [0.2, 0.25) is 0 Å². The van der Waals surface area contributed by atoms with Crippen LogP contribution in [0.25, 0.3) is 0 Å². The summed E-state index contributed by atoms with van der Waals surface area (Å²) in [4.78, 5) is 11.9. The number of nitrogens with zero attached hydrogens (tertiary/aromatic N) is 2. The zero-order valence-electron chi connectivity index (χ0n) is 12.0. The highest BCUT2D eigenvalue weighted by Crippen LogP contribution is 2.23. The number of aromatic nitrogens is 2. The van der Waals surface area contributed by atoms with E-state index in [2.05, 4.69) is 10.4 Å². The van der Waals surface area contributed by atoms with Crippen molar-refractivity contribution in [2.45, 2.75) is 26.5 Å². The second kappa shape index (κ2) is 7.44. The van der Waals surface area contributed by atoms with E-state index in [4.69, 9.17) is 4.74 Å². The lowest BCUT2D eigenvalue weighted by Crippen LogP contribution is -2.15. The van der Waals surface area contributed by atoms with Crippen LogP contribution < -0.4 is 10.1 Å². The van der Waals surface area contributed by atoms with E-state index in [9.17, 15) is 9.90 Å². The average molecular weight is 289 g/mol. The van der Waals surface area contributed by atoms with Gasteiger partial charge in [0.25, 0.3) is 0 Å². The molecule has 1 amide bonds. The predicted octanol–water partition coefficient (Wildman–Crippen LogP) is 1.80. The Morgan fingerprint density at radius 2 is 2.33 bits per heavy atom. The molecule has 0 unspecified atom stereocenters. The number of anilines is 1. The van der Waals surface area contributed by atoms with Crippen molar-refractivity contribution in [1.82, 2.24) is 9.78 Å². The molecule has 1 aromatic carbocycles. The summed E-state index contributed by atoms with van der Waals surface area (Å²) in [7, 11) is 0. The molecule has 2 rings (SSSR count). The van der Waals surface area contributed by atoms with Crippen molar-refractivity contribution in [3.05, 3.63) is 42.2 Å². The molecule has 0 saturated carbocycles. The number of hydrogen-bond donors (Lipinski definition) is 2. The van der Waals surface area contributed by atoms with E-state index in [1.807, 2.05) is 19.2 Å². The van der Waals surface area contributed by atoms with Crippen molar-refractivity contribution >= 4 is 11.6 Å². The van der Waals surface area contributed by atoms with Crippen molar-refractivity contribution in [3.63, 3.8) is 0 Å². The Labute approximate surface area is 123 Å². The number of aliphatic hydroxyl groups is 1. The van der Waals surface area contributed by atoms with Gasteiger partial charge in [-0.05, 0) is 31.2 Å². The van der Waals surface area contributed by atoms with E-state index in [1.165, 1.54) is 0 Å². The summed E-state index contributed by atoms with van der Waals surface area (Å²) >= 11 is 0. The highest BCUT2D eigenvalue weighted by Gasteiger charge is 2.07. The maximum absolute atomic E-state index is 11.9.